The number of carbonyl (C=O) groups excluding carboxylic acids is 1. The third kappa shape index (κ3) is 6.73. The van der Waals surface area contributed by atoms with Gasteiger partial charge in [-0.2, -0.15) is 13.2 Å². The van der Waals surface area contributed by atoms with E-state index in [-0.39, 0.29) is 12.3 Å². The SMILES string of the molecule is CC(C)C(C)(CC(=O)O)NC(=O)CSC(F)(F)F. The highest BCUT2D eigenvalue weighted by Crippen LogP contribution is 2.30. The van der Waals surface area contributed by atoms with E-state index in [0.29, 0.717) is 0 Å². The number of thioether (sulfide) groups is 1. The van der Waals surface area contributed by atoms with E-state index in [1.807, 2.05) is 0 Å². The quantitative estimate of drug-likeness (QED) is 0.786. The molecule has 0 bridgehead atoms. The van der Waals surface area contributed by atoms with E-state index in [1.165, 1.54) is 6.92 Å². The zero-order valence-electron chi connectivity index (χ0n) is 10.3. The van der Waals surface area contributed by atoms with Gasteiger partial charge in [0.1, 0.15) is 0 Å². The summed E-state index contributed by atoms with van der Waals surface area (Å²) in [5.41, 5.74) is -5.53. The first-order valence-electron chi connectivity index (χ1n) is 5.20. The molecule has 0 aliphatic rings. The van der Waals surface area contributed by atoms with Crippen molar-refractivity contribution in [2.24, 2.45) is 5.92 Å². The molecule has 0 aromatic rings. The summed E-state index contributed by atoms with van der Waals surface area (Å²) >= 11 is -0.447. The molecule has 0 saturated carbocycles. The van der Waals surface area contributed by atoms with Crippen molar-refractivity contribution in [1.82, 2.24) is 5.32 Å². The van der Waals surface area contributed by atoms with Crippen LogP contribution in [0.25, 0.3) is 0 Å². The van der Waals surface area contributed by atoms with Gasteiger partial charge in [-0.15, -0.1) is 0 Å². The van der Waals surface area contributed by atoms with Crippen molar-refractivity contribution in [3.63, 3.8) is 0 Å². The topological polar surface area (TPSA) is 66.4 Å². The maximum absolute atomic E-state index is 11.9. The summed E-state index contributed by atoms with van der Waals surface area (Å²) in [5, 5.41) is 11.1. The molecule has 1 amide bonds. The summed E-state index contributed by atoms with van der Waals surface area (Å²) in [4.78, 5) is 22.0. The number of amides is 1. The summed E-state index contributed by atoms with van der Waals surface area (Å²) in [6, 6.07) is 0. The van der Waals surface area contributed by atoms with Gasteiger partial charge in [-0.3, -0.25) is 9.59 Å². The standard InChI is InChI=1S/C10H16F3NO3S/c1-6(2)9(3,4-8(16)17)14-7(15)5-18-10(11,12)13/h6H,4-5H2,1-3H3,(H,14,15)(H,16,17). The largest absolute Gasteiger partial charge is 0.481 e. The van der Waals surface area contributed by atoms with Crippen molar-refractivity contribution >= 4 is 23.6 Å². The molecule has 0 aliphatic heterocycles. The van der Waals surface area contributed by atoms with Crippen molar-refractivity contribution < 1.29 is 27.9 Å². The first kappa shape index (κ1) is 17.1. The fourth-order valence-corrected chi connectivity index (χ4v) is 1.58. The maximum Gasteiger partial charge on any atom is 0.442 e. The molecule has 0 spiro atoms. The van der Waals surface area contributed by atoms with Gasteiger partial charge in [0.25, 0.3) is 0 Å². The first-order valence-corrected chi connectivity index (χ1v) is 6.18. The average molecular weight is 287 g/mol. The van der Waals surface area contributed by atoms with E-state index in [1.54, 1.807) is 13.8 Å². The molecule has 106 valence electrons. The van der Waals surface area contributed by atoms with Crippen LogP contribution < -0.4 is 5.32 Å². The lowest BCUT2D eigenvalue weighted by Gasteiger charge is -2.33. The van der Waals surface area contributed by atoms with Gasteiger partial charge in [0.15, 0.2) is 0 Å². The van der Waals surface area contributed by atoms with Crippen LogP contribution in [0.1, 0.15) is 27.2 Å². The van der Waals surface area contributed by atoms with Gasteiger partial charge in [-0.1, -0.05) is 13.8 Å². The number of alkyl halides is 3. The lowest BCUT2D eigenvalue weighted by molar-refractivity contribution is -0.139. The number of carboxylic acids is 1. The Morgan fingerprint density at radius 1 is 1.33 bits per heavy atom. The van der Waals surface area contributed by atoms with E-state index in [4.69, 9.17) is 5.11 Å². The van der Waals surface area contributed by atoms with Gasteiger partial charge in [-0.05, 0) is 24.6 Å². The predicted molar refractivity (Wildman–Crippen MR) is 62.2 cm³/mol. The lowest BCUT2D eigenvalue weighted by atomic mass is 9.85. The number of aliphatic carboxylic acids is 1. The molecule has 8 heteroatoms. The Bertz CT molecular complexity index is 320. The Balaban J connectivity index is 4.51. The third-order valence-electron chi connectivity index (χ3n) is 2.58. The Kier molecular flexibility index (Phi) is 5.98. The smallest absolute Gasteiger partial charge is 0.442 e. The number of halogens is 3. The Hall–Kier alpha value is -0.920. The molecular formula is C10H16F3NO3S. The summed E-state index contributed by atoms with van der Waals surface area (Å²) in [6.07, 6.45) is -0.340. The predicted octanol–water partition coefficient (Wildman–Crippen LogP) is 2.25. The van der Waals surface area contributed by atoms with E-state index in [0.717, 1.165) is 0 Å². The van der Waals surface area contributed by atoms with Crippen molar-refractivity contribution in [2.45, 2.75) is 38.2 Å². The number of rotatable bonds is 6. The van der Waals surface area contributed by atoms with Gasteiger partial charge in [0.05, 0.1) is 12.2 Å². The van der Waals surface area contributed by atoms with Crippen LogP contribution in [0.4, 0.5) is 13.2 Å². The number of hydrogen-bond donors (Lipinski definition) is 2. The first-order chi connectivity index (χ1) is 7.96. The van der Waals surface area contributed by atoms with Gasteiger partial charge in [0, 0.05) is 5.54 Å². The zero-order valence-corrected chi connectivity index (χ0v) is 11.1. The molecule has 4 nitrogen and oxygen atoms in total. The van der Waals surface area contributed by atoms with Crippen molar-refractivity contribution in [1.29, 1.82) is 0 Å². The molecule has 1 unspecified atom stereocenters. The van der Waals surface area contributed by atoms with Crippen LogP contribution in [0.15, 0.2) is 0 Å². The molecule has 0 rings (SSSR count). The Morgan fingerprint density at radius 2 is 1.83 bits per heavy atom. The number of carboxylic acid groups (broad SMARTS) is 1. The van der Waals surface area contributed by atoms with E-state index in [2.05, 4.69) is 5.32 Å². The summed E-state index contributed by atoms with van der Waals surface area (Å²) in [5.74, 6) is -2.93. The summed E-state index contributed by atoms with van der Waals surface area (Å²) < 4.78 is 35.7. The van der Waals surface area contributed by atoms with Crippen molar-refractivity contribution in [2.75, 3.05) is 5.75 Å². The van der Waals surface area contributed by atoms with Gasteiger partial charge >= 0.3 is 11.5 Å². The molecule has 18 heavy (non-hydrogen) atoms. The third-order valence-corrected chi connectivity index (χ3v) is 3.32. The number of carbonyl (C=O) groups is 2. The van der Waals surface area contributed by atoms with Crippen molar-refractivity contribution in [3.05, 3.63) is 0 Å². The minimum Gasteiger partial charge on any atom is -0.481 e. The number of hydrogen-bond acceptors (Lipinski definition) is 3. The monoisotopic (exact) mass is 287 g/mol. The van der Waals surface area contributed by atoms with Crippen LogP contribution in [0, 0.1) is 5.92 Å². The van der Waals surface area contributed by atoms with Gasteiger partial charge < -0.3 is 10.4 Å². The fourth-order valence-electron chi connectivity index (χ4n) is 1.21. The maximum atomic E-state index is 11.9. The van der Waals surface area contributed by atoms with Crippen molar-refractivity contribution in [3.8, 4) is 0 Å². The second-order valence-corrected chi connectivity index (χ2v) is 5.47. The van der Waals surface area contributed by atoms with E-state index >= 15 is 0 Å². The Labute approximate surface area is 107 Å². The molecule has 0 aliphatic carbocycles. The van der Waals surface area contributed by atoms with Gasteiger partial charge in [-0.25, -0.2) is 0 Å². The zero-order chi connectivity index (χ0) is 14.6. The normalized spacial score (nSPS) is 15.3. The molecule has 0 saturated heterocycles. The molecule has 1 atom stereocenters. The second kappa shape index (κ2) is 6.31. The minimum atomic E-state index is -4.47. The Morgan fingerprint density at radius 3 is 2.17 bits per heavy atom. The lowest BCUT2D eigenvalue weighted by Crippen LogP contribution is -2.52. The molecule has 2 N–H and O–H groups in total. The molecule has 0 aromatic carbocycles. The highest BCUT2D eigenvalue weighted by molar-refractivity contribution is 8.00. The van der Waals surface area contributed by atoms with Crippen LogP contribution >= 0.6 is 11.8 Å². The number of nitrogens with one attached hydrogen (secondary N) is 1. The van der Waals surface area contributed by atoms with Crippen LogP contribution in [-0.2, 0) is 9.59 Å². The molecular weight excluding hydrogens is 271 g/mol. The van der Waals surface area contributed by atoms with E-state index in [9.17, 15) is 22.8 Å². The highest BCUT2D eigenvalue weighted by atomic mass is 32.2. The van der Waals surface area contributed by atoms with E-state index < -0.39 is 40.4 Å². The molecule has 0 heterocycles. The van der Waals surface area contributed by atoms with Crippen LogP contribution in [0.3, 0.4) is 0 Å². The highest BCUT2D eigenvalue weighted by Gasteiger charge is 2.34. The fraction of sp³-hybridized carbons (Fsp3) is 0.800. The minimum absolute atomic E-state index is 0.214. The second-order valence-electron chi connectivity index (χ2n) is 4.43. The summed E-state index contributed by atoms with van der Waals surface area (Å²) in [6.45, 7) is 4.89. The summed E-state index contributed by atoms with van der Waals surface area (Å²) in [7, 11) is 0. The average Bonchev–Trinajstić information content (AvgIpc) is 2.11. The molecule has 0 fully saturated rings. The van der Waals surface area contributed by atoms with Crippen LogP contribution in [0.2, 0.25) is 0 Å². The van der Waals surface area contributed by atoms with Gasteiger partial charge in [0.2, 0.25) is 5.91 Å². The molecule has 0 aromatic heterocycles. The van der Waals surface area contributed by atoms with Crippen LogP contribution in [-0.4, -0.2) is 33.8 Å². The molecule has 0 radical (unpaired) electrons. The van der Waals surface area contributed by atoms with Crippen LogP contribution in [0.5, 0.6) is 0 Å².